The molecule has 0 unspecified atom stereocenters. The summed E-state index contributed by atoms with van der Waals surface area (Å²) in [6.07, 6.45) is 2.65. The van der Waals surface area contributed by atoms with Crippen LogP contribution in [0, 0.1) is 0 Å². The third-order valence-electron chi connectivity index (χ3n) is 8.00. The van der Waals surface area contributed by atoms with E-state index in [1.54, 1.807) is 0 Å². The van der Waals surface area contributed by atoms with Crippen molar-refractivity contribution in [3.8, 4) is 11.5 Å². The van der Waals surface area contributed by atoms with Crippen molar-refractivity contribution in [3.63, 3.8) is 0 Å². The molecular weight excluding hydrogens is 865 g/mol. The summed E-state index contributed by atoms with van der Waals surface area (Å²) in [5.74, 6) is 0.956. The molecule has 0 saturated carbocycles. The molecule has 1 aromatic carbocycles. The molecule has 0 atom stereocenters. The molecular formula is C40H74O20S2. The predicted octanol–water partition coefficient (Wildman–Crippen LogP) is 2.54. The van der Waals surface area contributed by atoms with Gasteiger partial charge in [-0.2, -0.15) is 16.8 Å². The summed E-state index contributed by atoms with van der Waals surface area (Å²) >= 11 is 0. The van der Waals surface area contributed by atoms with Gasteiger partial charge in [0, 0.05) is 19.3 Å². The maximum atomic E-state index is 10.6. The molecule has 2 N–H and O–H groups in total. The maximum absolute atomic E-state index is 10.6. The molecule has 0 amide bonds. The van der Waals surface area contributed by atoms with Crippen LogP contribution in [0.5, 0.6) is 11.5 Å². The highest BCUT2D eigenvalue weighted by molar-refractivity contribution is 7.86. The number of benzene rings is 1. The second kappa shape index (κ2) is 41.8. The lowest BCUT2D eigenvalue weighted by atomic mass is 10.1. The largest absolute Gasteiger partial charge is 0.491 e. The highest BCUT2D eigenvalue weighted by Gasteiger charge is 2.07. The smallest absolute Gasteiger partial charge is 0.264 e. The summed E-state index contributed by atoms with van der Waals surface area (Å²) in [6.45, 7) is 13.3. The van der Waals surface area contributed by atoms with E-state index in [-0.39, 0.29) is 11.5 Å². The number of rotatable bonds is 49. The quantitative estimate of drug-likeness (QED) is 0.0705. The normalized spacial score (nSPS) is 12.0. The summed E-state index contributed by atoms with van der Waals surface area (Å²) in [5.41, 5.74) is 1.08. The SMILES string of the molecule is CCc1ccc(OCCOCCOCCOCCOCCOCCOCCCCS(=O)(=O)O)cc1OCCOCCOCCOCCOCCOCCOCCCCS(=O)(=O)O. The van der Waals surface area contributed by atoms with Crippen LogP contribution in [0.2, 0.25) is 0 Å². The van der Waals surface area contributed by atoms with E-state index in [1.165, 1.54) is 0 Å². The van der Waals surface area contributed by atoms with Crippen molar-refractivity contribution in [2.24, 2.45) is 0 Å². The van der Waals surface area contributed by atoms with Crippen LogP contribution in [0.1, 0.15) is 38.2 Å². The molecule has 0 radical (unpaired) electrons. The van der Waals surface area contributed by atoms with Crippen molar-refractivity contribution in [3.05, 3.63) is 23.8 Å². The van der Waals surface area contributed by atoms with E-state index in [9.17, 15) is 16.8 Å². The van der Waals surface area contributed by atoms with Gasteiger partial charge in [-0.05, 0) is 43.7 Å². The lowest BCUT2D eigenvalue weighted by molar-refractivity contribution is -0.0179. The van der Waals surface area contributed by atoms with Crippen molar-refractivity contribution < 1.29 is 92.3 Å². The number of unbranched alkanes of at least 4 members (excludes halogenated alkanes) is 2. The molecule has 0 aliphatic rings. The summed E-state index contributed by atoms with van der Waals surface area (Å²) in [4.78, 5) is 0. The van der Waals surface area contributed by atoms with Gasteiger partial charge in [0.25, 0.3) is 20.2 Å². The summed E-state index contributed by atoms with van der Waals surface area (Å²) in [6, 6.07) is 5.80. The van der Waals surface area contributed by atoms with Gasteiger partial charge in [0.1, 0.15) is 24.7 Å². The Bertz CT molecular complexity index is 1360. The van der Waals surface area contributed by atoms with E-state index >= 15 is 0 Å². The first-order valence-electron chi connectivity index (χ1n) is 21.3. The molecule has 22 heteroatoms. The molecule has 0 bridgehead atoms. The Balaban J connectivity index is 1.86. The molecule has 0 aromatic heterocycles. The average molecular weight is 939 g/mol. The molecule has 0 saturated heterocycles. The van der Waals surface area contributed by atoms with Crippen LogP contribution in [-0.2, 0) is 83.5 Å². The van der Waals surface area contributed by atoms with Gasteiger partial charge in [-0.15, -0.1) is 0 Å². The summed E-state index contributed by atoms with van der Waals surface area (Å²) < 4.78 is 137. The van der Waals surface area contributed by atoms with Gasteiger partial charge in [-0.3, -0.25) is 9.11 Å². The Morgan fingerprint density at radius 1 is 0.371 bits per heavy atom. The number of aryl methyl sites for hydroxylation is 1. The van der Waals surface area contributed by atoms with E-state index in [4.69, 9.17) is 75.4 Å². The van der Waals surface area contributed by atoms with E-state index in [0.29, 0.717) is 203 Å². The van der Waals surface area contributed by atoms with Crippen LogP contribution in [0.25, 0.3) is 0 Å². The zero-order chi connectivity index (χ0) is 45.1. The third-order valence-corrected chi connectivity index (χ3v) is 9.61. The zero-order valence-corrected chi connectivity index (χ0v) is 38.3. The number of hydrogen-bond donors (Lipinski definition) is 2. The highest BCUT2D eigenvalue weighted by atomic mass is 32.2. The fraction of sp³-hybridized carbons (Fsp3) is 0.850. The highest BCUT2D eigenvalue weighted by Crippen LogP contribution is 2.25. The Kier molecular flexibility index (Phi) is 39.3. The van der Waals surface area contributed by atoms with Crippen LogP contribution in [0.4, 0.5) is 0 Å². The van der Waals surface area contributed by atoms with Gasteiger partial charge >= 0.3 is 0 Å². The molecule has 62 heavy (non-hydrogen) atoms. The lowest BCUT2D eigenvalue weighted by Crippen LogP contribution is -2.15. The van der Waals surface area contributed by atoms with Crippen molar-refractivity contribution in [1.29, 1.82) is 0 Å². The second-order valence-corrected chi connectivity index (χ2v) is 16.3. The van der Waals surface area contributed by atoms with Crippen molar-refractivity contribution in [2.75, 3.05) is 183 Å². The van der Waals surface area contributed by atoms with Gasteiger partial charge in [0.15, 0.2) is 0 Å². The molecule has 0 aliphatic carbocycles. The zero-order valence-electron chi connectivity index (χ0n) is 36.6. The Morgan fingerprint density at radius 2 is 0.645 bits per heavy atom. The number of hydrogen-bond acceptors (Lipinski definition) is 18. The standard InChI is InChI=1S/C40H74O20S2/c1-2-38-7-8-39(59-33-31-57-29-27-55-25-23-53-21-19-51-17-15-49-13-11-47-9-3-5-35-61(41,42)43)37-40(38)60-34-32-58-30-28-56-26-24-54-22-20-52-18-16-50-14-12-48-10-4-6-36-62(44,45)46/h7-8,37H,2-6,9-36H2,1H3,(H,41,42,43)(H,44,45,46). The van der Waals surface area contributed by atoms with Crippen molar-refractivity contribution in [1.82, 2.24) is 0 Å². The molecule has 0 spiro atoms. The minimum Gasteiger partial charge on any atom is -0.491 e. The van der Waals surface area contributed by atoms with E-state index in [2.05, 4.69) is 6.92 Å². The summed E-state index contributed by atoms with van der Waals surface area (Å²) in [7, 11) is -7.80. The van der Waals surface area contributed by atoms with Crippen LogP contribution in [0.15, 0.2) is 18.2 Å². The minimum absolute atomic E-state index is 0.251. The fourth-order valence-electron chi connectivity index (χ4n) is 4.86. The first-order valence-corrected chi connectivity index (χ1v) is 24.5. The Hall–Kier alpha value is -1.84. The first kappa shape index (κ1) is 58.2. The molecule has 1 aromatic rings. The van der Waals surface area contributed by atoms with Gasteiger partial charge in [0.2, 0.25) is 0 Å². The minimum atomic E-state index is -3.90. The van der Waals surface area contributed by atoms with Gasteiger partial charge in [0.05, 0.1) is 157 Å². The Labute approximate surface area is 369 Å². The molecule has 0 aliphatic heterocycles. The van der Waals surface area contributed by atoms with Gasteiger partial charge in [-0.25, -0.2) is 0 Å². The van der Waals surface area contributed by atoms with Gasteiger partial charge in [-0.1, -0.05) is 13.0 Å². The van der Waals surface area contributed by atoms with Gasteiger partial charge < -0.3 is 66.3 Å². The lowest BCUT2D eigenvalue weighted by Gasteiger charge is -2.14. The van der Waals surface area contributed by atoms with Crippen LogP contribution in [-0.4, -0.2) is 209 Å². The van der Waals surface area contributed by atoms with Crippen LogP contribution >= 0.6 is 0 Å². The summed E-state index contributed by atoms with van der Waals surface area (Å²) in [5, 5.41) is 0. The average Bonchev–Trinajstić information content (AvgIpc) is 3.23. The Morgan fingerprint density at radius 3 is 0.935 bits per heavy atom. The molecule has 20 nitrogen and oxygen atoms in total. The van der Waals surface area contributed by atoms with Crippen molar-refractivity contribution >= 4 is 20.2 Å². The first-order chi connectivity index (χ1) is 30.1. The molecule has 1 rings (SSSR count). The monoisotopic (exact) mass is 938 g/mol. The van der Waals surface area contributed by atoms with Crippen LogP contribution < -0.4 is 9.47 Å². The topological polar surface area (TPSA) is 238 Å². The number of ether oxygens (including phenoxy) is 14. The molecule has 0 heterocycles. The maximum Gasteiger partial charge on any atom is 0.264 e. The van der Waals surface area contributed by atoms with E-state index < -0.39 is 20.2 Å². The van der Waals surface area contributed by atoms with E-state index in [0.717, 1.165) is 17.7 Å². The fourth-order valence-corrected chi connectivity index (χ4v) is 6.00. The molecule has 366 valence electrons. The second-order valence-electron chi connectivity index (χ2n) is 13.2. The van der Waals surface area contributed by atoms with Crippen molar-refractivity contribution in [2.45, 2.75) is 39.0 Å². The van der Waals surface area contributed by atoms with Crippen LogP contribution in [0.3, 0.4) is 0 Å². The predicted molar refractivity (Wildman–Crippen MR) is 228 cm³/mol. The van der Waals surface area contributed by atoms with E-state index in [1.807, 2.05) is 18.2 Å². The molecule has 0 fully saturated rings. The third kappa shape index (κ3) is 42.1.